The number of anilines is 1. The lowest BCUT2D eigenvalue weighted by Crippen LogP contribution is -2.33. The number of ether oxygens (including phenoxy) is 1. The van der Waals surface area contributed by atoms with Gasteiger partial charge in [-0.3, -0.25) is 0 Å². The Kier molecular flexibility index (Phi) is 4.35. The van der Waals surface area contributed by atoms with E-state index in [0.29, 0.717) is 18.0 Å². The summed E-state index contributed by atoms with van der Waals surface area (Å²) in [5.41, 5.74) is 4.79. The summed E-state index contributed by atoms with van der Waals surface area (Å²) < 4.78 is 20.3. The summed E-state index contributed by atoms with van der Waals surface area (Å²) in [5.74, 6) is 1.02. The van der Waals surface area contributed by atoms with Gasteiger partial charge in [-0.15, -0.1) is 0 Å². The summed E-state index contributed by atoms with van der Waals surface area (Å²) in [4.78, 5) is 1.90. The number of benzene rings is 2. The summed E-state index contributed by atoms with van der Waals surface area (Å²) in [7, 11) is 0. The number of fused-ring (bicyclic) bond motifs is 1. The Balaban J connectivity index is 1.75. The third kappa shape index (κ3) is 2.94. The molecule has 0 saturated heterocycles. The van der Waals surface area contributed by atoms with E-state index in [1.54, 1.807) is 12.1 Å². The molecule has 136 valence electrons. The molecule has 4 heteroatoms. The molecule has 1 unspecified atom stereocenters. The van der Waals surface area contributed by atoms with Crippen molar-refractivity contribution >= 4 is 5.69 Å². The number of halogens is 1. The van der Waals surface area contributed by atoms with Gasteiger partial charge in [0.15, 0.2) is 6.73 Å². The van der Waals surface area contributed by atoms with Crippen molar-refractivity contribution in [2.24, 2.45) is 0 Å². The first kappa shape index (κ1) is 17.0. The van der Waals surface area contributed by atoms with Crippen LogP contribution in [0.3, 0.4) is 0 Å². The quantitative estimate of drug-likeness (QED) is 0.733. The molecule has 0 spiro atoms. The molecule has 0 radical (unpaired) electrons. The highest BCUT2D eigenvalue weighted by molar-refractivity contribution is 5.60. The van der Waals surface area contributed by atoms with E-state index in [0.717, 1.165) is 41.7 Å². The second-order valence-electron chi connectivity index (χ2n) is 7.37. The van der Waals surface area contributed by atoms with E-state index in [9.17, 15) is 9.50 Å². The minimum atomic E-state index is -0.248. The Morgan fingerprint density at radius 2 is 2.04 bits per heavy atom. The van der Waals surface area contributed by atoms with E-state index < -0.39 is 0 Å². The molecule has 1 atom stereocenters. The lowest BCUT2D eigenvalue weighted by atomic mass is 9.83. The fourth-order valence-electron chi connectivity index (χ4n) is 4.13. The van der Waals surface area contributed by atoms with Gasteiger partial charge in [0.05, 0.1) is 12.2 Å². The molecule has 0 amide bonds. The molecule has 2 aliphatic rings. The van der Waals surface area contributed by atoms with Crippen LogP contribution in [-0.4, -0.2) is 11.8 Å². The number of allylic oxidation sites excluding steroid dienone is 2. The second kappa shape index (κ2) is 6.67. The number of phenolic OH excluding ortho intramolecular Hbond substituents is 1. The van der Waals surface area contributed by atoms with Crippen LogP contribution in [0.15, 0.2) is 42.0 Å². The van der Waals surface area contributed by atoms with Gasteiger partial charge in [-0.25, -0.2) is 4.39 Å². The normalized spacial score (nSPS) is 19.6. The third-order valence-electron chi connectivity index (χ3n) is 5.47. The standard InChI is InChI=1S/C22H24FNO2/c1-14-6-5-7-16(10-14)21-20(25)11-15(2)17-12-24(13-26-22(17)21)19-9-4-3-8-18(19)23/h3-4,8-11,16,25H,5-7,12-13H2,1-2H3. The molecule has 2 aromatic carbocycles. The molecule has 26 heavy (non-hydrogen) atoms. The summed E-state index contributed by atoms with van der Waals surface area (Å²) in [5, 5.41) is 10.6. The molecule has 0 saturated carbocycles. The molecular formula is C22H24FNO2. The van der Waals surface area contributed by atoms with Crippen LogP contribution in [0.5, 0.6) is 11.5 Å². The fraction of sp³-hybridized carbons (Fsp3) is 0.364. The monoisotopic (exact) mass is 353 g/mol. The van der Waals surface area contributed by atoms with E-state index in [2.05, 4.69) is 13.0 Å². The van der Waals surface area contributed by atoms with E-state index in [1.165, 1.54) is 11.6 Å². The molecule has 1 N–H and O–H groups in total. The van der Waals surface area contributed by atoms with Crippen molar-refractivity contribution < 1.29 is 14.2 Å². The van der Waals surface area contributed by atoms with Gasteiger partial charge in [-0.05, 0) is 56.9 Å². The summed E-state index contributed by atoms with van der Waals surface area (Å²) in [6.45, 7) is 4.97. The van der Waals surface area contributed by atoms with Gasteiger partial charge < -0.3 is 14.7 Å². The third-order valence-corrected chi connectivity index (χ3v) is 5.47. The molecule has 1 heterocycles. The average molecular weight is 353 g/mol. The van der Waals surface area contributed by atoms with Crippen molar-refractivity contribution in [1.82, 2.24) is 0 Å². The van der Waals surface area contributed by atoms with Gasteiger partial charge in [0.25, 0.3) is 0 Å². The summed E-state index contributed by atoms with van der Waals surface area (Å²) in [6.07, 6.45) is 5.51. The minimum absolute atomic E-state index is 0.179. The van der Waals surface area contributed by atoms with Crippen LogP contribution in [0.1, 0.15) is 48.8 Å². The molecule has 1 aliphatic carbocycles. The maximum absolute atomic E-state index is 14.2. The number of nitrogens with zero attached hydrogens (tertiary/aromatic N) is 1. The van der Waals surface area contributed by atoms with Crippen molar-refractivity contribution in [3.8, 4) is 11.5 Å². The Morgan fingerprint density at radius 1 is 1.23 bits per heavy atom. The van der Waals surface area contributed by atoms with E-state index >= 15 is 0 Å². The zero-order valence-electron chi connectivity index (χ0n) is 15.3. The van der Waals surface area contributed by atoms with Crippen molar-refractivity contribution in [3.05, 3.63) is 64.5 Å². The van der Waals surface area contributed by atoms with Gasteiger partial charge >= 0.3 is 0 Å². The number of phenols is 1. The van der Waals surface area contributed by atoms with Crippen LogP contribution in [0, 0.1) is 12.7 Å². The van der Waals surface area contributed by atoms with Gasteiger partial charge in [0.1, 0.15) is 17.3 Å². The first-order valence-electron chi connectivity index (χ1n) is 9.19. The topological polar surface area (TPSA) is 32.7 Å². The van der Waals surface area contributed by atoms with Crippen molar-refractivity contribution in [2.75, 3.05) is 11.6 Å². The van der Waals surface area contributed by atoms with Crippen molar-refractivity contribution in [3.63, 3.8) is 0 Å². The van der Waals surface area contributed by atoms with Crippen molar-refractivity contribution in [2.45, 2.75) is 45.6 Å². The molecular weight excluding hydrogens is 329 g/mol. The Morgan fingerprint density at radius 3 is 2.81 bits per heavy atom. The summed E-state index contributed by atoms with van der Waals surface area (Å²) >= 11 is 0. The first-order chi connectivity index (χ1) is 12.5. The highest BCUT2D eigenvalue weighted by Gasteiger charge is 2.29. The van der Waals surface area contributed by atoms with Crippen LogP contribution in [0.25, 0.3) is 0 Å². The van der Waals surface area contributed by atoms with Crippen LogP contribution >= 0.6 is 0 Å². The van der Waals surface area contributed by atoms with E-state index in [-0.39, 0.29) is 18.5 Å². The first-order valence-corrected chi connectivity index (χ1v) is 9.19. The molecule has 1 aliphatic heterocycles. The van der Waals surface area contributed by atoms with E-state index in [1.807, 2.05) is 24.0 Å². The zero-order chi connectivity index (χ0) is 18.3. The van der Waals surface area contributed by atoms with Crippen LogP contribution in [0.4, 0.5) is 10.1 Å². The molecule has 0 fully saturated rings. The Hall–Kier alpha value is -2.49. The Bertz CT molecular complexity index is 875. The number of hydrogen-bond donors (Lipinski definition) is 1. The number of hydrogen-bond acceptors (Lipinski definition) is 3. The lowest BCUT2D eigenvalue weighted by Gasteiger charge is -2.34. The second-order valence-corrected chi connectivity index (χ2v) is 7.37. The molecule has 2 aromatic rings. The number of aromatic hydroxyl groups is 1. The van der Waals surface area contributed by atoms with Gasteiger partial charge in [0, 0.05) is 17.0 Å². The number of para-hydroxylation sites is 1. The van der Waals surface area contributed by atoms with Crippen LogP contribution in [-0.2, 0) is 6.54 Å². The van der Waals surface area contributed by atoms with Gasteiger partial charge in [-0.2, -0.15) is 0 Å². The predicted molar refractivity (Wildman–Crippen MR) is 101 cm³/mol. The molecule has 0 aromatic heterocycles. The van der Waals surface area contributed by atoms with Crippen molar-refractivity contribution in [1.29, 1.82) is 0 Å². The maximum atomic E-state index is 14.2. The minimum Gasteiger partial charge on any atom is -0.507 e. The highest BCUT2D eigenvalue weighted by atomic mass is 19.1. The number of rotatable bonds is 2. The fourth-order valence-corrected chi connectivity index (χ4v) is 4.13. The lowest BCUT2D eigenvalue weighted by molar-refractivity contribution is 0.280. The summed E-state index contributed by atoms with van der Waals surface area (Å²) in [6, 6.07) is 8.58. The highest BCUT2D eigenvalue weighted by Crippen LogP contribution is 2.46. The van der Waals surface area contributed by atoms with Crippen LogP contribution < -0.4 is 9.64 Å². The van der Waals surface area contributed by atoms with Gasteiger partial charge in [0.2, 0.25) is 0 Å². The molecule has 4 rings (SSSR count). The number of aryl methyl sites for hydroxylation is 1. The van der Waals surface area contributed by atoms with Gasteiger partial charge in [-0.1, -0.05) is 23.8 Å². The predicted octanol–water partition coefficient (Wildman–Crippen LogP) is 5.41. The SMILES string of the molecule is CC1=CC(c2c(O)cc(C)c3c2OCN(c2ccccc2F)C3)CCC1. The largest absolute Gasteiger partial charge is 0.507 e. The molecule has 0 bridgehead atoms. The van der Waals surface area contributed by atoms with E-state index in [4.69, 9.17) is 4.74 Å². The smallest absolute Gasteiger partial charge is 0.161 e. The van der Waals surface area contributed by atoms with Crippen LogP contribution in [0.2, 0.25) is 0 Å². The Labute approximate surface area is 153 Å². The maximum Gasteiger partial charge on any atom is 0.161 e. The molecule has 3 nitrogen and oxygen atoms in total. The average Bonchev–Trinajstić information content (AvgIpc) is 2.62. The zero-order valence-corrected chi connectivity index (χ0v) is 15.3.